The van der Waals surface area contributed by atoms with E-state index in [1.165, 1.54) is 4.90 Å². The second-order valence-electron chi connectivity index (χ2n) is 8.37. The number of fused-ring (bicyclic) bond motifs is 1. The van der Waals surface area contributed by atoms with Crippen LogP contribution in [0.5, 0.6) is 5.75 Å². The molecule has 0 bridgehead atoms. The Bertz CT molecular complexity index is 1210. The van der Waals surface area contributed by atoms with Crippen molar-refractivity contribution in [1.82, 2.24) is 14.4 Å². The van der Waals surface area contributed by atoms with Gasteiger partial charge < -0.3 is 24.4 Å². The smallest absolute Gasteiger partial charge is 0.322 e. The summed E-state index contributed by atoms with van der Waals surface area (Å²) in [6, 6.07) is 13.5. The molecule has 184 valence electrons. The van der Waals surface area contributed by atoms with Gasteiger partial charge in [0.1, 0.15) is 23.9 Å². The fraction of sp³-hybridized carbons (Fsp3) is 0.308. The Morgan fingerprint density at radius 1 is 1.11 bits per heavy atom. The number of halogens is 2. The van der Waals surface area contributed by atoms with E-state index in [0.717, 1.165) is 23.4 Å². The number of rotatable bonds is 7. The van der Waals surface area contributed by atoms with E-state index in [2.05, 4.69) is 9.88 Å². The van der Waals surface area contributed by atoms with Gasteiger partial charge in [-0.2, -0.15) is 0 Å². The van der Waals surface area contributed by atoms with Crippen LogP contribution in [0.1, 0.15) is 30.6 Å². The van der Waals surface area contributed by atoms with Gasteiger partial charge in [0, 0.05) is 37.6 Å². The lowest BCUT2D eigenvalue weighted by atomic mass is 9.99. The predicted molar refractivity (Wildman–Crippen MR) is 128 cm³/mol. The summed E-state index contributed by atoms with van der Waals surface area (Å²) in [5, 5.41) is 2.45. The lowest BCUT2D eigenvalue weighted by Gasteiger charge is -2.38. The molecule has 3 amide bonds. The Balaban J connectivity index is 1.57. The number of anilines is 1. The fourth-order valence-corrected chi connectivity index (χ4v) is 4.38. The average Bonchev–Trinajstić information content (AvgIpc) is 3.33. The summed E-state index contributed by atoms with van der Waals surface area (Å²) in [5.41, 5.74) is 1.73. The molecule has 0 fully saturated rings. The van der Waals surface area contributed by atoms with Crippen LogP contribution in [0, 0.1) is 11.6 Å². The van der Waals surface area contributed by atoms with E-state index in [4.69, 9.17) is 4.74 Å². The lowest BCUT2D eigenvalue weighted by molar-refractivity contribution is -0.134. The molecule has 4 rings (SSSR count). The summed E-state index contributed by atoms with van der Waals surface area (Å²) >= 11 is 0. The first-order valence-electron chi connectivity index (χ1n) is 11.5. The minimum Gasteiger partial charge on any atom is -0.497 e. The molecule has 2 aromatic carbocycles. The van der Waals surface area contributed by atoms with Crippen LogP contribution in [0.3, 0.4) is 0 Å². The van der Waals surface area contributed by atoms with E-state index in [9.17, 15) is 18.4 Å². The van der Waals surface area contributed by atoms with E-state index in [0.29, 0.717) is 37.9 Å². The molecule has 0 spiro atoms. The van der Waals surface area contributed by atoms with Crippen LogP contribution in [-0.4, -0.2) is 53.0 Å². The number of amides is 3. The largest absolute Gasteiger partial charge is 0.497 e. The SMILES string of the molecule is CCCN(CC(=O)N1CCn2cccc2C1c1cccc(OC)c1)C(=O)Nc1ccc(F)cc1F. The quantitative estimate of drug-likeness (QED) is 0.533. The van der Waals surface area contributed by atoms with Gasteiger partial charge in [0.05, 0.1) is 18.8 Å². The molecule has 1 aliphatic heterocycles. The van der Waals surface area contributed by atoms with Crippen molar-refractivity contribution >= 4 is 17.6 Å². The maximum absolute atomic E-state index is 14.1. The molecular formula is C26H28F2N4O3. The summed E-state index contributed by atoms with van der Waals surface area (Å²) in [7, 11) is 1.59. The van der Waals surface area contributed by atoms with Crippen LogP contribution in [0.25, 0.3) is 0 Å². The zero-order valence-electron chi connectivity index (χ0n) is 19.7. The molecule has 35 heavy (non-hydrogen) atoms. The average molecular weight is 483 g/mol. The maximum Gasteiger partial charge on any atom is 0.322 e. The van der Waals surface area contributed by atoms with Gasteiger partial charge >= 0.3 is 6.03 Å². The van der Waals surface area contributed by atoms with Crippen molar-refractivity contribution in [3.63, 3.8) is 0 Å². The van der Waals surface area contributed by atoms with Crippen LogP contribution in [-0.2, 0) is 11.3 Å². The van der Waals surface area contributed by atoms with Crippen molar-refractivity contribution in [2.75, 3.05) is 32.1 Å². The third kappa shape index (κ3) is 5.29. The molecule has 0 saturated heterocycles. The summed E-state index contributed by atoms with van der Waals surface area (Å²) in [5.74, 6) is -1.16. The monoisotopic (exact) mass is 482 g/mol. The van der Waals surface area contributed by atoms with Gasteiger partial charge in [0.15, 0.2) is 0 Å². The van der Waals surface area contributed by atoms with Gasteiger partial charge in [-0.1, -0.05) is 19.1 Å². The standard InChI is InChI=1S/C26H28F2N4O3/c1-3-11-31(26(34)29-22-10-9-19(27)16-21(22)28)17-24(33)32-14-13-30-12-5-8-23(30)25(32)18-6-4-7-20(15-18)35-2/h4-10,12,15-16,25H,3,11,13-14,17H2,1-2H3,(H,29,34). The first-order chi connectivity index (χ1) is 16.9. The van der Waals surface area contributed by atoms with Gasteiger partial charge in [-0.05, 0) is 48.4 Å². The zero-order valence-corrected chi connectivity index (χ0v) is 19.7. The van der Waals surface area contributed by atoms with Crippen molar-refractivity contribution in [2.45, 2.75) is 25.9 Å². The number of hydrogen-bond donors (Lipinski definition) is 1. The van der Waals surface area contributed by atoms with Crippen molar-refractivity contribution in [3.8, 4) is 5.75 Å². The number of nitrogens with zero attached hydrogens (tertiary/aromatic N) is 3. The minimum atomic E-state index is -0.879. The van der Waals surface area contributed by atoms with Crippen molar-refractivity contribution in [2.24, 2.45) is 0 Å². The molecule has 7 nitrogen and oxygen atoms in total. The summed E-state index contributed by atoms with van der Waals surface area (Å²) < 4.78 is 34.8. The number of methoxy groups -OCH3 is 1. The molecule has 0 radical (unpaired) electrons. The zero-order chi connectivity index (χ0) is 24.9. The molecule has 1 aliphatic rings. The topological polar surface area (TPSA) is 66.8 Å². The van der Waals surface area contributed by atoms with Crippen LogP contribution in [0.4, 0.5) is 19.3 Å². The highest BCUT2D eigenvalue weighted by molar-refractivity contribution is 5.92. The Morgan fingerprint density at radius 2 is 1.94 bits per heavy atom. The van der Waals surface area contributed by atoms with Crippen LogP contribution < -0.4 is 10.1 Å². The number of hydrogen-bond acceptors (Lipinski definition) is 3. The maximum atomic E-state index is 14.1. The van der Waals surface area contributed by atoms with E-state index in [1.54, 1.807) is 12.0 Å². The summed E-state index contributed by atoms with van der Waals surface area (Å²) in [4.78, 5) is 29.6. The minimum absolute atomic E-state index is 0.144. The number of carbonyl (C=O) groups excluding carboxylic acids is 2. The molecule has 9 heteroatoms. The highest BCUT2D eigenvalue weighted by Crippen LogP contribution is 2.34. The number of benzene rings is 2. The van der Waals surface area contributed by atoms with Gasteiger partial charge in [-0.15, -0.1) is 0 Å². The van der Waals surface area contributed by atoms with Crippen LogP contribution in [0.2, 0.25) is 0 Å². The van der Waals surface area contributed by atoms with Crippen LogP contribution >= 0.6 is 0 Å². The van der Waals surface area contributed by atoms with E-state index in [1.807, 2.05) is 49.5 Å². The third-order valence-electron chi connectivity index (χ3n) is 6.05. The van der Waals surface area contributed by atoms with Crippen LogP contribution in [0.15, 0.2) is 60.8 Å². The molecular weight excluding hydrogens is 454 g/mol. The Kier molecular flexibility index (Phi) is 7.33. The second kappa shape index (κ2) is 10.6. The van der Waals surface area contributed by atoms with Gasteiger partial charge in [-0.3, -0.25) is 4.79 Å². The van der Waals surface area contributed by atoms with Gasteiger partial charge in [-0.25, -0.2) is 13.6 Å². The predicted octanol–water partition coefficient (Wildman–Crippen LogP) is 4.65. The van der Waals surface area contributed by atoms with E-state index < -0.39 is 17.7 Å². The van der Waals surface area contributed by atoms with Crippen molar-refractivity contribution in [3.05, 3.63) is 83.7 Å². The highest BCUT2D eigenvalue weighted by atomic mass is 19.1. The fourth-order valence-electron chi connectivity index (χ4n) is 4.38. The normalized spacial score (nSPS) is 14.9. The van der Waals surface area contributed by atoms with Crippen molar-refractivity contribution in [1.29, 1.82) is 0 Å². The van der Waals surface area contributed by atoms with Gasteiger partial charge in [0.2, 0.25) is 5.91 Å². The first kappa shape index (κ1) is 24.3. The van der Waals surface area contributed by atoms with E-state index in [-0.39, 0.29) is 24.2 Å². The lowest BCUT2D eigenvalue weighted by Crippen LogP contribution is -2.49. The number of carbonyl (C=O) groups is 2. The molecule has 0 aliphatic carbocycles. The number of aromatic nitrogens is 1. The van der Waals surface area contributed by atoms with Gasteiger partial charge in [0.25, 0.3) is 0 Å². The second-order valence-corrected chi connectivity index (χ2v) is 8.37. The first-order valence-corrected chi connectivity index (χ1v) is 11.5. The number of urea groups is 1. The Hall–Kier alpha value is -3.88. The summed E-state index contributed by atoms with van der Waals surface area (Å²) in [6.45, 7) is 3.11. The molecule has 3 aromatic rings. The molecule has 1 atom stereocenters. The number of nitrogens with one attached hydrogen (secondary N) is 1. The molecule has 1 unspecified atom stereocenters. The Morgan fingerprint density at radius 3 is 2.69 bits per heavy atom. The number of ether oxygens (including phenoxy) is 1. The molecule has 2 heterocycles. The molecule has 1 aromatic heterocycles. The molecule has 1 N–H and O–H groups in total. The van der Waals surface area contributed by atoms with E-state index >= 15 is 0 Å². The molecule has 0 saturated carbocycles. The third-order valence-corrected chi connectivity index (χ3v) is 6.05. The summed E-state index contributed by atoms with van der Waals surface area (Å²) in [6.07, 6.45) is 2.59. The highest BCUT2D eigenvalue weighted by Gasteiger charge is 2.33. The van der Waals surface area contributed by atoms with Crippen molar-refractivity contribution < 1.29 is 23.1 Å². The Labute approximate surface area is 202 Å².